The number of amides is 1. The van der Waals surface area contributed by atoms with E-state index >= 15 is 0 Å². The number of rotatable bonds is 3. The van der Waals surface area contributed by atoms with Crippen LogP contribution in [0.5, 0.6) is 0 Å². The van der Waals surface area contributed by atoms with E-state index in [9.17, 15) is 9.59 Å². The number of carbonyl (C=O) groups excluding carboxylic acids is 2. The minimum Gasteiger partial charge on any atom is -0.461 e. The van der Waals surface area contributed by atoms with Crippen LogP contribution in [0.15, 0.2) is 28.7 Å². The summed E-state index contributed by atoms with van der Waals surface area (Å²) in [6.07, 6.45) is 0.839. The van der Waals surface area contributed by atoms with Gasteiger partial charge in [0.05, 0.1) is 6.42 Å². The zero-order valence-corrected chi connectivity index (χ0v) is 7.90. The van der Waals surface area contributed by atoms with E-state index in [1.165, 1.54) is 0 Å². The molecule has 0 saturated heterocycles. The molecule has 0 radical (unpaired) electrons. The van der Waals surface area contributed by atoms with E-state index < -0.39 is 5.91 Å². The molecule has 1 aromatic heterocycles. The van der Waals surface area contributed by atoms with Crippen molar-refractivity contribution in [3.63, 3.8) is 0 Å². The Kier molecular flexibility index (Phi) is 2.25. The molecule has 15 heavy (non-hydrogen) atoms. The third-order valence-electron chi connectivity index (χ3n) is 2.08. The van der Waals surface area contributed by atoms with Crippen molar-refractivity contribution >= 4 is 23.2 Å². The number of fused-ring (bicyclic) bond motifs is 1. The highest BCUT2D eigenvalue weighted by Crippen LogP contribution is 2.20. The van der Waals surface area contributed by atoms with Gasteiger partial charge in [0.2, 0.25) is 5.91 Å². The summed E-state index contributed by atoms with van der Waals surface area (Å²) < 4.78 is 5.36. The molecule has 0 fully saturated rings. The monoisotopic (exact) mass is 203 g/mol. The molecule has 0 bridgehead atoms. The van der Waals surface area contributed by atoms with Crippen molar-refractivity contribution in [1.82, 2.24) is 0 Å². The van der Waals surface area contributed by atoms with E-state index in [-0.39, 0.29) is 6.42 Å². The molecule has 0 aliphatic rings. The van der Waals surface area contributed by atoms with Crippen LogP contribution in [0.3, 0.4) is 0 Å². The first kappa shape index (κ1) is 9.45. The Morgan fingerprint density at radius 2 is 2.20 bits per heavy atom. The second kappa shape index (κ2) is 3.57. The maximum atomic E-state index is 10.7. The number of nitrogens with two attached hydrogens (primary N) is 1. The number of benzene rings is 1. The fraction of sp³-hybridized carbons (Fsp3) is 0.0909. The lowest BCUT2D eigenvalue weighted by Gasteiger charge is -1.89. The average molecular weight is 203 g/mol. The van der Waals surface area contributed by atoms with Gasteiger partial charge in [-0.05, 0) is 24.3 Å². The summed E-state index contributed by atoms with van der Waals surface area (Å²) in [6.45, 7) is 0. The van der Waals surface area contributed by atoms with E-state index in [2.05, 4.69) is 0 Å². The lowest BCUT2D eigenvalue weighted by Crippen LogP contribution is -2.12. The van der Waals surface area contributed by atoms with E-state index in [1.807, 2.05) is 0 Å². The smallest absolute Gasteiger partial charge is 0.225 e. The first-order valence-electron chi connectivity index (χ1n) is 4.45. The first-order chi connectivity index (χ1) is 7.19. The van der Waals surface area contributed by atoms with Gasteiger partial charge in [-0.25, -0.2) is 0 Å². The van der Waals surface area contributed by atoms with Crippen LogP contribution in [0.4, 0.5) is 0 Å². The van der Waals surface area contributed by atoms with Gasteiger partial charge in [0.25, 0.3) is 0 Å². The average Bonchev–Trinajstić information content (AvgIpc) is 2.57. The zero-order chi connectivity index (χ0) is 10.8. The molecule has 1 amide bonds. The molecule has 0 saturated carbocycles. The third kappa shape index (κ3) is 1.88. The Hall–Kier alpha value is -2.10. The topological polar surface area (TPSA) is 73.3 Å². The Balaban J connectivity index is 2.46. The van der Waals surface area contributed by atoms with Crippen molar-refractivity contribution in [2.45, 2.75) is 6.42 Å². The Labute approximate surface area is 85.7 Å². The molecule has 2 aromatic rings. The number of primary amides is 1. The van der Waals surface area contributed by atoms with Crippen LogP contribution in [0.1, 0.15) is 16.1 Å². The molecule has 4 nitrogen and oxygen atoms in total. The van der Waals surface area contributed by atoms with E-state index in [1.54, 1.807) is 24.3 Å². The molecular formula is C11H9NO3. The molecule has 0 atom stereocenters. The summed E-state index contributed by atoms with van der Waals surface area (Å²) in [5, 5.41) is 0.802. The third-order valence-corrected chi connectivity index (χ3v) is 2.08. The van der Waals surface area contributed by atoms with E-state index in [4.69, 9.17) is 10.2 Å². The van der Waals surface area contributed by atoms with Gasteiger partial charge in [-0.1, -0.05) is 0 Å². The maximum absolute atomic E-state index is 10.7. The molecule has 1 heterocycles. The van der Waals surface area contributed by atoms with Crippen molar-refractivity contribution in [3.8, 4) is 0 Å². The number of carbonyl (C=O) groups is 2. The molecule has 1 aromatic carbocycles. The maximum Gasteiger partial charge on any atom is 0.225 e. The SMILES string of the molecule is NC(=O)Cc1cc2cc(C=O)ccc2o1. The fourth-order valence-electron chi connectivity index (χ4n) is 1.45. The van der Waals surface area contributed by atoms with Crippen molar-refractivity contribution in [2.24, 2.45) is 5.73 Å². The molecular weight excluding hydrogens is 194 g/mol. The van der Waals surface area contributed by atoms with Crippen LogP contribution >= 0.6 is 0 Å². The van der Waals surface area contributed by atoms with Gasteiger partial charge in [0.15, 0.2) is 0 Å². The number of hydrogen-bond donors (Lipinski definition) is 1. The molecule has 0 spiro atoms. The second-order valence-electron chi connectivity index (χ2n) is 3.27. The fourth-order valence-corrected chi connectivity index (χ4v) is 1.45. The highest BCUT2D eigenvalue weighted by molar-refractivity contribution is 5.87. The van der Waals surface area contributed by atoms with Crippen LogP contribution in [0, 0.1) is 0 Å². The van der Waals surface area contributed by atoms with Crippen molar-refractivity contribution in [3.05, 3.63) is 35.6 Å². The summed E-state index contributed by atoms with van der Waals surface area (Å²) in [4.78, 5) is 21.2. The molecule has 76 valence electrons. The van der Waals surface area contributed by atoms with Crippen LogP contribution in [0.25, 0.3) is 11.0 Å². The first-order valence-corrected chi connectivity index (χ1v) is 4.45. The van der Waals surface area contributed by atoms with E-state index in [0.29, 0.717) is 16.9 Å². The van der Waals surface area contributed by atoms with Gasteiger partial charge in [0, 0.05) is 10.9 Å². The molecule has 0 unspecified atom stereocenters. The van der Waals surface area contributed by atoms with Crippen molar-refractivity contribution in [2.75, 3.05) is 0 Å². The van der Waals surface area contributed by atoms with Gasteiger partial charge in [-0.2, -0.15) is 0 Å². The highest BCUT2D eigenvalue weighted by atomic mass is 16.3. The lowest BCUT2D eigenvalue weighted by molar-refractivity contribution is -0.117. The van der Waals surface area contributed by atoms with Gasteiger partial charge in [0.1, 0.15) is 17.6 Å². The summed E-state index contributed by atoms with van der Waals surface area (Å²) in [5.74, 6) is 0.0743. The van der Waals surface area contributed by atoms with Gasteiger partial charge < -0.3 is 10.2 Å². The second-order valence-corrected chi connectivity index (χ2v) is 3.27. The number of hydrogen-bond acceptors (Lipinski definition) is 3. The summed E-state index contributed by atoms with van der Waals surface area (Å²) in [7, 11) is 0. The molecule has 4 heteroatoms. The summed E-state index contributed by atoms with van der Waals surface area (Å²) >= 11 is 0. The molecule has 0 aliphatic carbocycles. The van der Waals surface area contributed by atoms with Gasteiger partial charge in [-0.3, -0.25) is 9.59 Å². The van der Waals surface area contributed by atoms with E-state index in [0.717, 1.165) is 11.7 Å². The van der Waals surface area contributed by atoms with Crippen molar-refractivity contribution < 1.29 is 14.0 Å². The number of aldehydes is 1. The number of furan rings is 1. The Morgan fingerprint density at radius 1 is 1.40 bits per heavy atom. The Bertz CT molecular complexity index is 528. The van der Waals surface area contributed by atoms with Crippen LogP contribution < -0.4 is 5.73 Å². The normalized spacial score (nSPS) is 10.4. The Morgan fingerprint density at radius 3 is 2.87 bits per heavy atom. The lowest BCUT2D eigenvalue weighted by atomic mass is 10.2. The van der Waals surface area contributed by atoms with Gasteiger partial charge >= 0.3 is 0 Å². The largest absolute Gasteiger partial charge is 0.461 e. The zero-order valence-electron chi connectivity index (χ0n) is 7.90. The van der Waals surface area contributed by atoms with Crippen LogP contribution in [-0.2, 0) is 11.2 Å². The predicted octanol–water partition coefficient (Wildman–Crippen LogP) is 1.27. The molecule has 0 aliphatic heterocycles. The van der Waals surface area contributed by atoms with Crippen LogP contribution in [0.2, 0.25) is 0 Å². The van der Waals surface area contributed by atoms with Gasteiger partial charge in [-0.15, -0.1) is 0 Å². The highest BCUT2D eigenvalue weighted by Gasteiger charge is 2.06. The predicted molar refractivity (Wildman–Crippen MR) is 54.5 cm³/mol. The molecule has 2 rings (SSSR count). The van der Waals surface area contributed by atoms with Crippen molar-refractivity contribution in [1.29, 1.82) is 0 Å². The summed E-state index contributed by atoms with van der Waals surface area (Å²) in [5.41, 5.74) is 6.27. The quantitative estimate of drug-likeness (QED) is 0.763. The van der Waals surface area contributed by atoms with Crippen LogP contribution in [-0.4, -0.2) is 12.2 Å². The standard InChI is InChI=1S/C11H9NO3/c12-11(14)5-9-4-8-3-7(6-13)1-2-10(8)15-9/h1-4,6H,5H2,(H2,12,14). The summed E-state index contributed by atoms with van der Waals surface area (Å²) in [6, 6.07) is 6.78. The molecule has 2 N–H and O–H groups in total. The minimum absolute atomic E-state index is 0.0745. The minimum atomic E-state index is -0.440.